The molecule has 2 aliphatic heterocycles. The molecule has 2 heterocycles. The van der Waals surface area contributed by atoms with Gasteiger partial charge in [0.2, 0.25) is 0 Å². The quantitative estimate of drug-likeness (QED) is 0.929. The zero-order valence-corrected chi connectivity index (χ0v) is 13.8. The summed E-state index contributed by atoms with van der Waals surface area (Å²) in [6.07, 6.45) is 1.23. The molecule has 0 aliphatic carbocycles. The molecule has 0 amide bonds. The summed E-state index contributed by atoms with van der Waals surface area (Å²) in [6, 6.07) is 4.49. The zero-order valence-electron chi connectivity index (χ0n) is 13.0. The number of benzene rings is 1. The van der Waals surface area contributed by atoms with Crippen molar-refractivity contribution in [3.8, 4) is 11.5 Å². The summed E-state index contributed by atoms with van der Waals surface area (Å²) in [5, 5.41) is 0. The van der Waals surface area contributed by atoms with Gasteiger partial charge in [-0.25, -0.2) is 0 Å². The third kappa shape index (κ3) is 3.28. The monoisotopic (exact) mass is 312 g/mol. The molecule has 1 fully saturated rings. The van der Waals surface area contributed by atoms with E-state index in [9.17, 15) is 0 Å². The normalized spacial score (nSPS) is 27.9. The summed E-state index contributed by atoms with van der Waals surface area (Å²) in [6.45, 7) is 7.25. The van der Waals surface area contributed by atoms with Crippen LogP contribution in [0.3, 0.4) is 0 Å². The van der Waals surface area contributed by atoms with Gasteiger partial charge in [0, 0.05) is 43.2 Å². The molecule has 3 atom stereocenters. The molecule has 3 unspecified atom stereocenters. The van der Waals surface area contributed by atoms with Gasteiger partial charge in [-0.1, -0.05) is 6.92 Å². The Morgan fingerprint density at radius 2 is 2.10 bits per heavy atom. The fourth-order valence-corrected chi connectivity index (χ4v) is 3.28. The van der Waals surface area contributed by atoms with Crippen LogP contribution >= 0.6 is 12.4 Å². The van der Waals surface area contributed by atoms with Crippen molar-refractivity contribution in [2.24, 2.45) is 11.7 Å². The van der Waals surface area contributed by atoms with Gasteiger partial charge in [0.25, 0.3) is 0 Å². The van der Waals surface area contributed by atoms with E-state index in [0.29, 0.717) is 5.92 Å². The van der Waals surface area contributed by atoms with Crippen LogP contribution in [0, 0.1) is 5.92 Å². The van der Waals surface area contributed by atoms with Gasteiger partial charge < -0.3 is 15.2 Å². The number of hydrogen-bond donors (Lipinski definition) is 1. The van der Waals surface area contributed by atoms with Gasteiger partial charge >= 0.3 is 0 Å². The summed E-state index contributed by atoms with van der Waals surface area (Å²) >= 11 is 0. The standard InChI is InChI=1S/C16H24N2O2.ClH/c1-10-7-18(9-15(10)17)8-13-6-14(19-3)5-12-4-11(2)20-16(12)13;/h5-6,10-11,15H,4,7-9,17H2,1-3H3;1H. The van der Waals surface area contributed by atoms with Crippen molar-refractivity contribution in [2.45, 2.75) is 39.0 Å². The molecule has 0 spiro atoms. The fraction of sp³-hybridized carbons (Fsp3) is 0.625. The average molecular weight is 313 g/mol. The predicted molar refractivity (Wildman–Crippen MR) is 86.5 cm³/mol. The first-order chi connectivity index (χ1) is 9.56. The molecule has 2 N–H and O–H groups in total. The Balaban J connectivity index is 0.00000161. The molecule has 2 aliphatic rings. The molecule has 0 radical (unpaired) electrons. The predicted octanol–water partition coefficient (Wildman–Crippen LogP) is 2.22. The minimum absolute atomic E-state index is 0. The van der Waals surface area contributed by atoms with Crippen molar-refractivity contribution in [3.05, 3.63) is 23.3 Å². The highest BCUT2D eigenvalue weighted by Crippen LogP contribution is 2.37. The number of hydrogen-bond acceptors (Lipinski definition) is 4. The number of ether oxygens (including phenoxy) is 2. The first-order valence-electron chi connectivity index (χ1n) is 7.41. The summed E-state index contributed by atoms with van der Waals surface area (Å²) in [5.74, 6) is 2.55. The Labute approximate surface area is 133 Å². The van der Waals surface area contributed by atoms with E-state index >= 15 is 0 Å². The Morgan fingerprint density at radius 3 is 2.71 bits per heavy atom. The van der Waals surface area contributed by atoms with E-state index in [4.69, 9.17) is 15.2 Å². The average Bonchev–Trinajstić information content (AvgIpc) is 2.92. The summed E-state index contributed by atoms with van der Waals surface area (Å²) < 4.78 is 11.4. The molecule has 1 saturated heterocycles. The fourth-order valence-electron chi connectivity index (χ4n) is 3.28. The molecule has 1 aromatic rings. The molecule has 21 heavy (non-hydrogen) atoms. The first kappa shape index (κ1) is 16.4. The van der Waals surface area contributed by atoms with E-state index in [0.717, 1.165) is 37.6 Å². The Hall–Kier alpha value is -0.970. The molecule has 3 rings (SSSR count). The van der Waals surface area contributed by atoms with Crippen LogP contribution in [0.4, 0.5) is 0 Å². The van der Waals surface area contributed by atoms with E-state index in [1.165, 1.54) is 11.1 Å². The van der Waals surface area contributed by atoms with Crippen molar-refractivity contribution in [1.29, 1.82) is 0 Å². The van der Waals surface area contributed by atoms with Crippen LogP contribution in [-0.4, -0.2) is 37.2 Å². The first-order valence-corrected chi connectivity index (χ1v) is 7.41. The third-order valence-electron chi connectivity index (χ3n) is 4.42. The largest absolute Gasteiger partial charge is 0.497 e. The Kier molecular flexibility index (Phi) is 5.02. The highest BCUT2D eigenvalue weighted by Gasteiger charge is 2.29. The zero-order chi connectivity index (χ0) is 14.3. The molecule has 5 heteroatoms. The third-order valence-corrected chi connectivity index (χ3v) is 4.42. The van der Waals surface area contributed by atoms with Crippen molar-refractivity contribution in [3.63, 3.8) is 0 Å². The number of methoxy groups -OCH3 is 1. The van der Waals surface area contributed by atoms with Crippen LogP contribution in [0.15, 0.2) is 12.1 Å². The molecule has 0 aromatic heterocycles. The van der Waals surface area contributed by atoms with Gasteiger partial charge in [0.1, 0.15) is 17.6 Å². The second-order valence-electron chi connectivity index (χ2n) is 6.24. The molecular weight excluding hydrogens is 288 g/mol. The van der Waals surface area contributed by atoms with E-state index < -0.39 is 0 Å². The van der Waals surface area contributed by atoms with Crippen LogP contribution in [0.5, 0.6) is 11.5 Å². The smallest absolute Gasteiger partial charge is 0.127 e. The number of halogens is 1. The van der Waals surface area contributed by atoms with Gasteiger partial charge in [0.05, 0.1) is 7.11 Å². The lowest BCUT2D eigenvalue weighted by Gasteiger charge is -2.18. The van der Waals surface area contributed by atoms with Crippen LogP contribution in [0.1, 0.15) is 25.0 Å². The summed E-state index contributed by atoms with van der Waals surface area (Å²) in [4.78, 5) is 2.41. The SMILES string of the molecule is COc1cc2c(c(CN3CC(C)C(N)C3)c1)OC(C)C2.Cl. The van der Waals surface area contributed by atoms with Crippen LogP contribution < -0.4 is 15.2 Å². The topological polar surface area (TPSA) is 47.7 Å². The van der Waals surface area contributed by atoms with Crippen molar-refractivity contribution < 1.29 is 9.47 Å². The summed E-state index contributed by atoms with van der Waals surface area (Å²) in [7, 11) is 1.72. The highest BCUT2D eigenvalue weighted by molar-refractivity contribution is 5.85. The molecule has 0 saturated carbocycles. The molecule has 118 valence electrons. The van der Waals surface area contributed by atoms with Crippen molar-refractivity contribution in [2.75, 3.05) is 20.2 Å². The van der Waals surface area contributed by atoms with E-state index in [1.54, 1.807) is 7.11 Å². The van der Waals surface area contributed by atoms with E-state index in [-0.39, 0.29) is 24.6 Å². The maximum Gasteiger partial charge on any atom is 0.127 e. The lowest BCUT2D eigenvalue weighted by Crippen LogP contribution is -2.28. The number of rotatable bonds is 3. The molecule has 4 nitrogen and oxygen atoms in total. The molecule has 0 bridgehead atoms. The lowest BCUT2D eigenvalue weighted by atomic mass is 10.1. The van der Waals surface area contributed by atoms with Crippen LogP contribution in [0.2, 0.25) is 0 Å². The molecular formula is C16H25ClN2O2. The number of likely N-dealkylation sites (tertiary alicyclic amines) is 1. The lowest BCUT2D eigenvalue weighted by molar-refractivity contribution is 0.245. The second kappa shape index (κ2) is 6.42. The van der Waals surface area contributed by atoms with Gasteiger partial charge in [0.15, 0.2) is 0 Å². The minimum Gasteiger partial charge on any atom is -0.497 e. The minimum atomic E-state index is 0. The van der Waals surface area contributed by atoms with Crippen LogP contribution in [0.25, 0.3) is 0 Å². The maximum atomic E-state index is 6.12. The van der Waals surface area contributed by atoms with Crippen LogP contribution in [-0.2, 0) is 13.0 Å². The van der Waals surface area contributed by atoms with Crippen molar-refractivity contribution in [1.82, 2.24) is 4.90 Å². The van der Waals surface area contributed by atoms with Gasteiger partial charge in [-0.15, -0.1) is 12.4 Å². The van der Waals surface area contributed by atoms with E-state index in [2.05, 4.69) is 30.9 Å². The maximum absolute atomic E-state index is 6.12. The van der Waals surface area contributed by atoms with E-state index in [1.807, 2.05) is 0 Å². The Bertz CT molecular complexity index is 499. The number of fused-ring (bicyclic) bond motifs is 1. The molecule has 1 aromatic carbocycles. The van der Waals surface area contributed by atoms with Gasteiger partial charge in [-0.2, -0.15) is 0 Å². The Morgan fingerprint density at radius 1 is 1.33 bits per heavy atom. The van der Waals surface area contributed by atoms with Crippen molar-refractivity contribution >= 4 is 12.4 Å². The van der Waals surface area contributed by atoms with Gasteiger partial charge in [-0.3, -0.25) is 4.90 Å². The highest BCUT2D eigenvalue weighted by atomic mass is 35.5. The number of nitrogens with two attached hydrogens (primary N) is 1. The summed E-state index contributed by atoms with van der Waals surface area (Å²) in [5.41, 5.74) is 8.61. The van der Waals surface area contributed by atoms with Gasteiger partial charge in [-0.05, 0) is 25.0 Å². The number of nitrogens with zero attached hydrogens (tertiary/aromatic N) is 1. The second-order valence-corrected chi connectivity index (χ2v) is 6.24.